The Bertz CT molecular complexity index is 1270. The van der Waals surface area contributed by atoms with Crippen molar-refractivity contribution in [1.82, 2.24) is 4.90 Å². The van der Waals surface area contributed by atoms with Crippen LogP contribution in [-0.2, 0) is 16.1 Å². The van der Waals surface area contributed by atoms with Crippen molar-refractivity contribution in [3.8, 4) is 5.75 Å². The van der Waals surface area contributed by atoms with Crippen molar-refractivity contribution in [3.63, 3.8) is 0 Å². The summed E-state index contributed by atoms with van der Waals surface area (Å²) in [5.41, 5.74) is 4.45. The maximum absolute atomic E-state index is 12.8. The first-order valence-corrected chi connectivity index (χ1v) is 11.6. The quantitative estimate of drug-likeness (QED) is 0.456. The van der Waals surface area contributed by atoms with E-state index in [1.54, 1.807) is 24.3 Å². The third-order valence-electron chi connectivity index (χ3n) is 5.24. The van der Waals surface area contributed by atoms with Crippen LogP contribution in [0.25, 0.3) is 6.08 Å². The normalized spacial score (nSPS) is 14.5. The first kappa shape index (κ1) is 23.3. The van der Waals surface area contributed by atoms with Gasteiger partial charge in [0.05, 0.1) is 11.4 Å². The Balaban J connectivity index is 1.38. The number of hydrogen-bond acceptors (Lipinski definition) is 5. The summed E-state index contributed by atoms with van der Waals surface area (Å²) in [6.45, 7) is 4.03. The van der Waals surface area contributed by atoms with E-state index < -0.39 is 0 Å². The van der Waals surface area contributed by atoms with E-state index in [-0.39, 0.29) is 30.2 Å². The van der Waals surface area contributed by atoms with E-state index in [0.29, 0.717) is 16.2 Å². The van der Waals surface area contributed by atoms with Crippen molar-refractivity contribution in [2.45, 2.75) is 20.4 Å². The Morgan fingerprint density at radius 2 is 1.79 bits per heavy atom. The zero-order valence-electron chi connectivity index (χ0n) is 18.9. The molecule has 3 aromatic rings. The van der Waals surface area contributed by atoms with Gasteiger partial charge in [0.2, 0.25) is 0 Å². The van der Waals surface area contributed by atoms with Crippen LogP contribution in [0, 0.1) is 13.8 Å². The fourth-order valence-electron chi connectivity index (χ4n) is 3.54. The van der Waals surface area contributed by atoms with Crippen molar-refractivity contribution < 1.29 is 19.1 Å². The number of benzene rings is 3. The molecule has 0 aliphatic carbocycles. The molecule has 4 rings (SSSR count). The minimum absolute atomic E-state index is 0.148. The predicted octanol–water partition coefficient (Wildman–Crippen LogP) is 5.56. The number of hydrogen-bond donors (Lipinski definition) is 1. The zero-order chi connectivity index (χ0) is 24.1. The summed E-state index contributed by atoms with van der Waals surface area (Å²) < 4.78 is 5.65. The SMILES string of the molecule is Cc1ccc(NC(=O)COc2cccc(/C=C3\SC(=O)N(Cc4ccccc4)C3=O)c2)c(C)c1. The van der Waals surface area contributed by atoms with E-state index in [2.05, 4.69) is 5.32 Å². The molecule has 0 aromatic heterocycles. The lowest BCUT2D eigenvalue weighted by Gasteiger charge is -2.12. The molecule has 1 N–H and O–H groups in total. The Morgan fingerprint density at radius 1 is 1.00 bits per heavy atom. The minimum Gasteiger partial charge on any atom is -0.484 e. The van der Waals surface area contributed by atoms with Gasteiger partial charge in [-0.05, 0) is 66.6 Å². The summed E-state index contributed by atoms with van der Waals surface area (Å²) in [5, 5.41) is 2.55. The second kappa shape index (κ2) is 10.4. The number of carbonyl (C=O) groups is 3. The molecular weight excluding hydrogens is 448 g/mol. The number of amides is 3. The first-order chi connectivity index (χ1) is 16.4. The lowest BCUT2D eigenvalue weighted by molar-refractivity contribution is -0.123. The molecule has 0 radical (unpaired) electrons. The first-order valence-electron chi connectivity index (χ1n) is 10.8. The summed E-state index contributed by atoms with van der Waals surface area (Å²) in [5.74, 6) is -0.0922. The highest BCUT2D eigenvalue weighted by molar-refractivity contribution is 8.18. The minimum atomic E-state index is -0.321. The largest absolute Gasteiger partial charge is 0.484 e. The predicted molar refractivity (Wildman–Crippen MR) is 134 cm³/mol. The Hall–Kier alpha value is -3.84. The highest BCUT2D eigenvalue weighted by Gasteiger charge is 2.34. The second-order valence-electron chi connectivity index (χ2n) is 7.98. The highest BCUT2D eigenvalue weighted by atomic mass is 32.2. The van der Waals surface area contributed by atoms with Gasteiger partial charge in [0.25, 0.3) is 17.1 Å². The number of imide groups is 1. The molecule has 0 unspecified atom stereocenters. The Kier molecular flexibility index (Phi) is 7.13. The fraction of sp³-hybridized carbons (Fsp3) is 0.148. The van der Waals surface area contributed by atoms with Crippen molar-refractivity contribution >= 4 is 40.6 Å². The van der Waals surface area contributed by atoms with E-state index in [1.165, 1.54) is 4.90 Å². The maximum Gasteiger partial charge on any atom is 0.293 e. The highest BCUT2D eigenvalue weighted by Crippen LogP contribution is 2.33. The van der Waals surface area contributed by atoms with Crippen LogP contribution in [0.5, 0.6) is 5.75 Å². The zero-order valence-corrected chi connectivity index (χ0v) is 19.7. The van der Waals surface area contributed by atoms with Crippen molar-refractivity contribution in [3.05, 3.63) is 100.0 Å². The molecule has 1 aliphatic heterocycles. The van der Waals surface area contributed by atoms with Crippen LogP contribution in [0.1, 0.15) is 22.3 Å². The summed E-state index contributed by atoms with van der Waals surface area (Å²) in [4.78, 5) is 39.1. The van der Waals surface area contributed by atoms with Gasteiger partial charge in [-0.1, -0.05) is 60.2 Å². The molecule has 0 atom stereocenters. The molecule has 34 heavy (non-hydrogen) atoms. The van der Waals surface area contributed by atoms with E-state index in [0.717, 1.165) is 34.1 Å². The average molecular weight is 473 g/mol. The van der Waals surface area contributed by atoms with Gasteiger partial charge in [-0.3, -0.25) is 19.3 Å². The van der Waals surface area contributed by atoms with Crippen LogP contribution in [-0.4, -0.2) is 28.6 Å². The molecular formula is C27H24N2O4S. The Morgan fingerprint density at radius 3 is 2.56 bits per heavy atom. The van der Waals surface area contributed by atoms with Crippen LogP contribution in [0.2, 0.25) is 0 Å². The summed E-state index contributed by atoms with van der Waals surface area (Å²) >= 11 is 0.917. The lowest BCUT2D eigenvalue weighted by Crippen LogP contribution is -2.27. The molecule has 1 saturated heterocycles. The van der Waals surface area contributed by atoms with Crippen LogP contribution in [0.3, 0.4) is 0 Å². The van der Waals surface area contributed by atoms with E-state index in [9.17, 15) is 14.4 Å². The summed E-state index contributed by atoms with van der Waals surface area (Å²) in [7, 11) is 0. The molecule has 1 heterocycles. The lowest BCUT2D eigenvalue weighted by atomic mass is 10.1. The molecule has 6 nitrogen and oxygen atoms in total. The number of carbonyl (C=O) groups excluding carboxylic acids is 3. The number of rotatable bonds is 7. The number of aryl methyl sites for hydroxylation is 2. The molecule has 7 heteroatoms. The summed E-state index contributed by atoms with van der Waals surface area (Å²) in [6.07, 6.45) is 1.67. The van der Waals surface area contributed by atoms with Gasteiger partial charge in [0.15, 0.2) is 6.61 Å². The molecule has 172 valence electrons. The van der Waals surface area contributed by atoms with Crippen LogP contribution >= 0.6 is 11.8 Å². The van der Waals surface area contributed by atoms with Crippen molar-refractivity contribution in [2.24, 2.45) is 0 Å². The number of nitrogens with one attached hydrogen (secondary N) is 1. The second-order valence-corrected chi connectivity index (χ2v) is 8.97. The number of nitrogens with zero attached hydrogens (tertiary/aromatic N) is 1. The summed E-state index contributed by atoms with van der Waals surface area (Å²) in [6, 6.07) is 22.3. The van der Waals surface area contributed by atoms with Crippen LogP contribution in [0.15, 0.2) is 77.7 Å². The molecule has 1 fully saturated rings. The maximum atomic E-state index is 12.8. The number of anilines is 1. The fourth-order valence-corrected chi connectivity index (χ4v) is 4.38. The van der Waals surface area contributed by atoms with Gasteiger partial charge >= 0.3 is 0 Å². The smallest absolute Gasteiger partial charge is 0.293 e. The van der Waals surface area contributed by atoms with Gasteiger partial charge in [0.1, 0.15) is 5.75 Å². The Labute approximate surface area is 202 Å². The average Bonchev–Trinajstić information content (AvgIpc) is 3.08. The van der Waals surface area contributed by atoms with Gasteiger partial charge in [-0.2, -0.15) is 0 Å². The van der Waals surface area contributed by atoms with Crippen molar-refractivity contribution in [2.75, 3.05) is 11.9 Å². The molecule has 0 spiro atoms. The molecule has 0 bridgehead atoms. The third kappa shape index (κ3) is 5.74. The van der Waals surface area contributed by atoms with E-state index in [4.69, 9.17) is 4.74 Å². The molecule has 1 aliphatic rings. The number of thioether (sulfide) groups is 1. The van der Waals surface area contributed by atoms with Crippen molar-refractivity contribution in [1.29, 1.82) is 0 Å². The molecule has 3 amide bonds. The third-order valence-corrected chi connectivity index (χ3v) is 6.15. The van der Waals surface area contributed by atoms with Crippen LogP contribution in [0.4, 0.5) is 10.5 Å². The standard InChI is InChI=1S/C27H24N2O4S/c1-18-11-12-23(19(2)13-18)28-25(30)17-33-22-10-6-9-21(14-22)15-24-26(31)29(27(32)34-24)16-20-7-4-3-5-8-20/h3-15H,16-17H2,1-2H3,(H,28,30)/b24-15-. The topological polar surface area (TPSA) is 75.7 Å². The van der Waals surface area contributed by atoms with Gasteiger partial charge in [0, 0.05) is 5.69 Å². The molecule has 3 aromatic carbocycles. The van der Waals surface area contributed by atoms with Gasteiger partial charge < -0.3 is 10.1 Å². The van der Waals surface area contributed by atoms with E-state index in [1.807, 2.05) is 68.4 Å². The van der Waals surface area contributed by atoms with Crippen LogP contribution < -0.4 is 10.1 Å². The molecule has 0 saturated carbocycles. The van der Waals surface area contributed by atoms with E-state index >= 15 is 0 Å². The monoisotopic (exact) mass is 472 g/mol. The van der Waals surface area contributed by atoms with Gasteiger partial charge in [-0.25, -0.2) is 0 Å². The number of ether oxygens (including phenoxy) is 1. The van der Waals surface area contributed by atoms with Gasteiger partial charge in [-0.15, -0.1) is 0 Å².